The molecule has 0 fully saturated rings. The molecule has 54 heavy (non-hydrogen) atoms. The van der Waals surface area contributed by atoms with Crippen LogP contribution in [-0.4, -0.2) is 43.7 Å². The molecule has 0 saturated heterocycles. The summed E-state index contributed by atoms with van der Waals surface area (Å²) in [6, 6.07) is 32.1. The topological polar surface area (TPSA) is 153 Å². The summed E-state index contributed by atoms with van der Waals surface area (Å²) in [6.07, 6.45) is 0. The maximum absolute atomic E-state index is 15.5. The number of hydrogen-bond acceptors (Lipinski definition) is 6. The van der Waals surface area contributed by atoms with Gasteiger partial charge >= 0.3 is 0 Å². The van der Waals surface area contributed by atoms with Crippen molar-refractivity contribution in [2.45, 2.75) is 53.0 Å². The monoisotopic (exact) mass is 744 g/mol. The number of benzene rings is 5. The Balaban J connectivity index is 0.00000497. The van der Waals surface area contributed by atoms with E-state index in [9.17, 15) is 0 Å². The SMILES string of the molecule is CC(C)N=C(N)c1ccc2nc(-c3ccc(OCc4cccc(COc5ccc(-c6nc7ccc(C(N)=NC(C)C)cc7[nH]6)cc5)c4F)cc3)[nH]c2c1.Cl. The summed E-state index contributed by atoms with van der Waals surface area (Å²) in [7, 11) is 0. The molecule has 0 bridgehead atoms. The smallest absolute Gasteiger partial charge is 0.138 e. The van der Waals surface area contributed by atoms with E-state index < -0.39 is 0 Å². The second-order valence-corrected chi connectivity index (χ2v) is 13.4. The van der Waals surface area contributed by atoms with Gasteiger partial charge in [-0.3, -0.25) is 9.98 Å². The highest BCUT2D eigenvalue weighted by atomic mass is 35.5. The van der Waals surface area contributed by atoms with Crippen LogP contribution < -0.4 is 20.9 Å². The van der Waals surface area contributed by atoms with Gasteiger partial charge in [0.2, 0.25) is 0 Å². The minimum Gasteiger partial charge on any atom is -0.489 e. The summed E-state index contributed by atoms with van der Waals surface area (Å²) in [5.74, 6) is 3.30. The summed E-state index contributed by atoms with van der Waals surface area (Å²) >= 11 is 0. The van der Waals surface area contributed by atoms with E-state index in [0.717, 1.165) is 56.0 Å². The van der Waals surface area contributed by atoms with Gasteiger partial charge in [-0.15, -0.1) is 12.4 Å². The fourth-order valence-corrected chi connectivity index (χ4v) is 5.91. The standard InChI is InChI=1S/C42H41FN8O2.ClH/c1-24(2)46-39(44)28-12-18-34-36(20-28)50-41(48-34)26-8-14-32(15-9-26)52-22-30-6-5-7-31(38(30)43)23-53-33-16-10-27(11-17-33)42-49-35-19-13-29(21-37(35)51-42)40(45)47-25(3)4;/h5-21,24-25H,22-23H2,1-4H3,(H2,44,46)(H2,45,47)(H,48,50)(H,49,51);1H. The molecule has 0 aliphatic heterocycles. The van der Waals surface area contributed by atoms with Crippen LogP contribution >= 0.6 is 12.4 Å². The van der Waals surface area contributed by atoms with Gasteiger partial charge in [-0.1, -0.05) is 18.2 Å². The molecule has 0 saturated carbocycles. The molecule has 7 aromatic rings. The summed E-state index contributed by atoms with van der Waals surface area (Å²) < 4.78 is 27.4. The Bertz CT molecular complexity index is 2280. The zero-order valence-electron chi connectivity index (χ0n) is 30.4. The molecule has 0 aliphatic carbocycles. The van der Waals surface area contributed by atoms with E-state index in [1.165, 1.54) is 0 Å². The first-order valence-corrected chi connectivity index (χ1v) is 17.5. The number of imidazole rings is 2. The number of aromatic nitrogens is 4. The van der Waals surface area contributed by atoms with Crippen LogP contribution in [0.4, 0.5) is 4.39 Å². The fourth-order valence-electron chi connectivity index (χ4n) is 5.91. The van der Waals surface area contributed by atoms with E-state index in [2.05, 4.69) is 20.0 Å². The molecule has 2 heterocycles. The van der Waals surface area contributed by atoms with Crippen molar-refractivity contribution < 1.29 is 13.9 Å². The zero-order chi connectivity index (χ0) is 37.1. The molecule has 0 radical (unpaired) electrons. The number of nitrogens with one attached hydrogen (secondary N) is 2. The lowest BCUT2D eigenvalue weighted by Crippen LogP contribution is -2.15. The fraction of sp³-hybridized carbons (Fsp3) is 0.190. The lowest BCUT2D eigenvalue weighted by Gasteiger charge is -2.12. The van der Waals surface area contributed by atoms with E-state index in [1.807, 2.05) is 113 Å². The molecule has 6 N–H and O–H groups in total. The lowest BCUT2D eigenvalue weighted by molar-refractivity contribution is 0.287. The van der Waals surface area contributed by atoms with Gasteiger partial charge in [-0.2, -0.15) is 0 Å². The average Bonchev–Trinajstić information content (AvgIpc) is 3.78. The molecule has 7 rings (SSSR count). The van der Waals surface area contributed by atoms with Crippen LogP contribution in [0.5, 0.6) is 11.5 Å². The number of H-pyrrole nitrogens is 2. The molecular formula is C42H42ClFN8O2. The van der Waals surface area contributed by atoms with Crippen LogP contribution in [0.15, 0.2) is 113 Å². The van der Waals surface area contributed by atoms with Crippen molar-refractivity contribution in [2.75, 3.05) is 0 Å². The van der Waals surface area contributed by atoms with Crippen molar-refractivity contribution in [2.24, 2.45) is 21.5 Å². The van der Waals surface area contributed by atoms with Crippen LogP contribution in [0.1, 0.15) is 49.9 Å². The quantitative estimate of drug-likeness (QED) is 0.0725. The van der Waals surface area contributed by atoms with Gasteiger partial charge in [-0.05, 0) is 113 Å². The normalized spacial score (nSPS) is 12.1. The minimum atomic E-state index is -0.359. The number of halogens is 2. The molecule has 0 spiro atoms. The molecule has 0 unspecified atom stereocenters. The first kappa shape index (κ1) is 37.6. The third kappa shape index (κ3) is 8.53. The van der Waals surface area contributed by atoms with Gasteiger partial charge in [-0.25, -0.2) is 14.4 Å². The third-order valence-corrected chi connectivity index (χ3v) is 8.55. The molecule has 2 aromatic heterocycles. The number of hydrogen-bond donors (Lipinski definition) is 4. The second kappa shape index (κ2) is 16.2. The summed E-state index contributed by atoms with van der Waals surface area (Å²) in [5, 5.41) is 0. The molecule has 276 valence electrons. The first-order valence-electron chi connectivity index (χ1n) is 17.5. The largest absolute Gasteiger partial charge is 0.489 e. The van der Waals surface area contributed by atoms with Gasteiger partial charge in [0.05, 0.1) is 22.1 Å². The van der Waals surface area contributed by atoms with E-state index in [0.29, 0.717) is 34.3 Å². The lowest BCUT2D eigenvalue weighted by atomic mass is 10.1. The van der Waals surface area contributed by atoms with Crippen LogP contribution in [-0.2, 0) is 13.2 Å². The Morgan fingerprint density at radius 1 is 0.630 bits per heavy atom. The maximum atomic E-state index is 15.5. The molecule has 12 heteroatoms. The van der Waals surface area contributed by atoms with Crippen molar-refractivity contribution >= 4 is 46.1 Å². The van der Waals surface area contributed by atoms with E-state index in [-0.39, 0.29) is 43.5 Å². The second-order valence-electron chi connectivity index (χ2n) is 13.4. The van der Waals surface area contributed by atoms with Crippen LogP contribution in [0.3, 0.4) is 0 Å². The number of fused-ring (bicyclic) bond motifs is 2. The number of rotatable bonds is 12. The number of amidine groups is 2. The van der Waals surface area contributed by atoms with Gasteiger partial charge in [0.1, 0.15) is 53.9 Å². The van der Waals surface area contributed by atoms with Crippen molar-refractivity contribution in [3.8, 4) is 34.3 Å². The highest BCUT2D eigenvalue weighted by Gasteiger charge is 2.13. The number of nitrogens with zero attached hydrogens (tertiary/aromatic N) is 4. The van der Waals surface area contributed by atoms with Crippen LogP contribution in [0, 0.1) is 5.82 Å². The molecular weight excluding hydrogens is 703 g/mol. The van der Waals surface area contributed by atoms with Crippen molar-refractivity contribution in [3.05, 3.63) is 131 Å². The predicted octanol–water partition coefficient (Wildman–Crippen LogP) is 8.72. The Morgan fingerprint density at radius 2 is 1.04 bits per heavy atom. The summed E-state index contributed by atoms with van der Waals surface area (Å²) in [4.78, 5) is 25.0. The highest BCUT2D eigenvalue weighted by molar-refractivity contribution is 6.01. The molecule has 10 nitrogen and oxygen atoms in total. The van der Waals surface area contributed by atoms with Crippen LogP contribution in [0.25, 0.3) is 44.8 Å². The third-order valence-electron chi connectivity index (χ3n) is 8.55. The van der Waals surface area contributed by atoms with E-state index in [1.54, 1.807) is 18.2 Å². The highest BCUT2D eigenvalue weighted by Crippen LogP contribution is 2.27. The Kier molecular flexibility index (Phi) is 11.3. The molecule has 5 aromatic carbocycles. The van der Waals surface area contributed by atoms with Gasteiger partial charge in [0.25, 0.3) is 0 Å². The van der Waals surface area contributed by atoms with E-state index >= 15 is 4.39 Å². The number of aliphatic imine (C=N–C) groups is 2. The summed E-state index contributed by atoms with van der Waals surface area (Å²) in [5.41, 5.74) is 20.1. The first-order chi connectivity index (χ1) is 25.6. The zero-order valence-corrected chi connectivity index (χ0v) is 31.2. The van der Waals surface area contributed by atoms with Crippen molar-refractivity contribution in [1.29, 1.82) is 0 Å². The molecule has 0 atom stereocenters. The van der Waals surface area contributed by atoms with E-state index in [4.69, 9.17) is 30.9 Å². The number of nitrogens with two attached hydrogens (primary N) is 2. The van der Waals surface area contributed by atoms with Crippen molar-refractivity contribution in [1.82, 2.24) is 19.9 Å². The maximum Gasteiger partial charge on any atom is 0.138 e. The molecule has 0 amide bonds. The van der Waals surface area contributed by atoms with Crippen molar-refractivity contribution in [3.63, 3.8) is 0 Å². The Morgan fingerprint density at radius 3 is 1.43 bits per heavy atom. The predicted molar refractivity (Wildman–Crippen MR) is 217 cm³/mol. The van der Waals surface area contributed by atoms with Gasteiger partial charge in [0, 0.05) is 45.5 Å². The number of ether oxygens (including phenoxy) is 2. The molecule has 0 aliphatic rings. The minimum absolute atomic E-state index is 0. The Hall–Kier alpha value is -6.20. The Labute approximate surface area is 319 Å². The van der Waals surface area contributed by atoms with Gasteiger partial charge in [0.15, 0.2) is 0 Å². The van der Waals surface area contributed by atoms with Gasteiger partial charge < -0.3 is 30.9 Å². The van der Waals surface area contributed by atoms with Crippen LogP contribution in [0.2, 0.25) is 0 Å². The average molecular weight is 745 g/mol. The number of aromatic amines is 2. The summed E-state index contributed by atoms with van der Waals surface area (Å²) in [6.45, 7) is 8.08.